The molecule has 0 aliphatic rings. The van der Waals surface area contributed by atoms with Crippen molar-refractivity contribution in [2.45, 2.75) is 72.1 Å². The van der Waals surface area contributed by atoms with Crippen molar-refractivity contribution in [3.63, 3.8) is 0 Å². The van der Waals surface area contributed by atoms with E-state index in [-0.39, 0.29) is 16.8 Å². The van der Waals surface area contributed by atoms with Gasteiger partial charge in [0, 0.05) is 17.5 Å². The summed E-state index contributed by atoms with van der Waals surface area (Å²) in [7, 11) is 1.30. The highest BCUT2D eigenvalue weighted by Gasteiger charge is 2.29. The molecule has 0 atom stereocenters. The molecular weight excluding hydrogens is 332 g/mol. The van der Waals surface area contributed by atoms with Gasteiger partial charge in [-0.15, -0.1) is 0 Å². The first-order valence-corrected chi connectivity index (χ1v) is 8.99. The molecule has 0 spiro atoms. The maximum absolute atomic E-state index is 11.8. The molecule has 146 valence electrons. The van der Waals surface area contributed by atoms with Crippen LogP contribution in [0.25, 0.3) is 0 Å². The fraction of sp³-hybridized carbons (Fsp3) is 0.619. The number of carbonyl (C=O) groups is 2. The van der Waals surface area contributed by atoms with Crippen molar-refractivity contribution < 1.29 is 23.8 Å². The molecule has 1 aromatic carbocycles. The molecule has 0 radical (unpaired) electrons. The Labute approximate surface area is 157 Å². The lowest BCUT2D eigenvalue weighted by Crippen LogP contribution is -2.22. The summed E-state index contributed by atoms with van der Waals surface area (Å²) in [6.45, 7) is 14.6. The van der Waals surface area contributed by atoms with Crippen molar-refractivity contribution in [3.8, 4) is 5.75 Å². The van der Waals surface area contributed by atoms with Gasteiger partial charge in [0.1, 0.15) is 5.75 Å². The van der Waals surface area contributed by atoms with Crippen molar-refractivity contribution in [2.75, 3.05) is 13.7 Å². The normalized spacial score (nSPS) is 11.8. The van der Waals surface area contributed by atoms with E-state index in [4.69, 9.17) is 14.2 Å². The van der Waals surface area contributed by atoms with Crippen LogP contribution in [0, 0.1) is 0 Å². The van der Waals surface area contributed by atoms with Crippen LogP contribution in [0.2, 0.25) is 0 Å². The van der Waals surface area contributed by atoms with E-state index in [0.29, 0.717) is 25.2 Å². The standard InChI is InChI=1S/C21H32O5/c1-9-25-17(22)11-10-14-12-15(20(2,3)4)18(26-19(23)24-8)16(13-14)21(5,6)7/h12-13H,9-11H2,1-8H3. The van der Waals surface area contributed by atoms with Crippen molar-refractivity contribution >= 4 is 12.1 Å². The molecule has 0 N–H and O–H groups in total. The molecule has 1 aromatic rings. The van der Waals surface area contributed by atoms with Crippen molar-refractivity contribution in [1.82, 2.24) is 0 Å². The Morgan fingerprint density at radius 3 is 1.85 bits per heavy atom. The van der Waals surface area contributed by atoms with Gasteiger partial charge in [0.15, 0.2) is 0 Å². The molecule has 5 nitrogen and oxygen atoms in total. The van der Waals surface area contributed by atoms with Gasteiger partial charge in [0.2, 0.25) is 0 Å². The molecule has 0 bridgehead atoms. The van der Waals surface area contributed by atoms with Crippen LogP contribution in [0.15, 0.2) is 12.1 Å². The van der Waals surface area contributed by atoms with Gasteiger partial charge < -0.3 is 14.2 Å². The molecule has 0 fully saturated rings. The predicted molar refractivity (Wildman–Crippen MR) is 102 cm³/mol. The lowest BCUT2D eigenvalue weighted by Gasteiger charge is -2.29. The SMILES string of the molecule is CCOC(=O)CCc1cc(C(C)(C)C)c(OC(=O)OC)c(C(C)(C)C)c1. The fourth-order valence-electron chi connectivity index (χ4n) is 2.66. The zero-order chi connectivity index (χ0) is 20.1. The minimum Gasteiger partial charge on any atom is -0.466 e. The average Bonchev–Trinajstić information content (AvgIpc) is 2.51. The molecular formula is C21H32O5. The first-order chi connectivity index (χ1) is 11.9. The number of methoxy groups -OCH3 is 1. The molecule has 26 heavy (non-hydrogen) atoms. The Morgan fingerprint density at radius 2 is 1.46 bits per heavy atom. The molecule has 0 aliphatic carbocycles. The van der Waals surface area contributed by atoms with Gasteiger partial charge in [0.05, 0.1) is 13.7 Å². The maximum atomic E-state index is 11.8. The Bertz CT molecular complexity index is 612. The first kappa shape index (κ1) is 22.0. The van der Waals surface area contributed by atoms with Crippen LogP contribution in [0.1, 0.15) is 71.6 Å². The van der Waals surface area contributed by atoms with Crippen LogP contribution in [0.4, 0.5) is 4.79 Å². The number of rotatable bonds is 5. The summed E-state index contributed by atoms with van der Waals surface area (Å²) < 4.78 is 15.3. The van der Waals surface area contributed by atoms with Gasteiger partial charge in [-0.3, -0.25) is 4.79 Å². The van der Waals surface area contributed by atoms with E-state index >= 15 is 0 Å². The van der Waals surface area contributed by atoms with Crippen LogP contribution in [-0.2, 0) is 31.5 Å². The second-order valence-corrected chi connectivity index (χ2v) is 8.38. The molecule has 0 heterocycles. The number of hydrogen-bond acceptors (Lipinski definition) is 5. The Kier molecular flexibility index (Phi) is 7.25. The van der Waals surface area contributed by atoms with Crippen LogP contribution >= 0.6 is 0 Å². The van der Waals surface area contributed by atoms with Crippen molar-refractivity contribution in [1.29, 1.82) is 0 Å². The second-order valence-electron chi connectivity index (χ2n) is 8.38. The largest absolute Gasteiger partial charge is 0.513 e. The van der Waals surface area contributed by atoms with E-state index in [0.717, 1.165) is 16.7 Å². The fourth-order valence-corrected chi connectivity index (χ4v) is 2.66. The number of ether oxygens (including phenoxy) is 3. The molecule has 0 aromatic heterocycles. The topological polar surface area (TPSA) is 61.8 Å². The summed E-state index contributed by atoms with van der Waals surface area (Å²) in [4.78, 5) is 23.5. The van der Waals surface area contributed by atoms with Crippen molar-refractivity contribution in [3.05, 3.63) is 28.8 Å². The lowest BCUT2D eigenvalue weighted by molar-refractivity contribution is -0.143. The molecule has 0 saturated heterocycles. The monoisotopic (exact) mass is 364 g/mol. The highest BCUT2D eigenvalue weighted by Crippen LogP contribution is 2.41. The maximum Gasteiger partial charge on any atom is 0.513 e. The number of hydrogen-bond donors (Lipinski definition) is 0. The van der Waals surface area contributed by atoms with Gasteiger partial charge in [-0.25, -0.2) is 4.79 Å². The van der Waals surface area contributed by atoms with E-state index in [1.807, 2.05) is 12.1 Å². The van der Waals surface area contributed by atoms with Gasteiger partial charge in [-0.1, -0.05) is 53.7 Å². The summed E-state index contributed by atoms with van der Waals surface area (Å²) >= 11 is 0. The Morgan fingerprint density at radius 1 is 0.962 bits per heavy atom. The predicted octanol–water partition coefficient (Wildman–Crippen LogP) is 4.92. The third kappa shape index (κ3) is 6.04. The molecule has 1 rings (SSSR count). The van der Waals surface area contributed by atoms with E-state index < -0.39 is 6.16 Å². The van der Waals surface area contributed by atoms with E-state index in [1.54, 1.807) is 6.92 Å². The van der Waals surface area contributed by atoms with E-state index in [2.05, 4.69) is 41.5 Å². The van der Waals surface area contributed by atoms with Gasteiger partial charge in [-0.05, 0) is 29.7 Å². The van der Waals surface area contributed by atoms with Crippen LogP contribution < -0.4 is 4.74 Å². The van der Waals surface area contributed by atoms with E-state index in [9.17, 15) is 9.59 Å². The first-order valence-electron chi connectivity index (χ1n) is 8.99. The van der Waals surface area contributed by atoms with Crippen LogP contribution in [-0.4, -0.2) is 25.8 Å². The minimum atomic E-state index is -0.736. The average molecular weight is 364 g/mol. The second kappa shape index (κ2) is 8.56. The number of aryl methyl sites for hydroxylation is 1. The summed E-state index contributed by atoms with van der Waals surface area (Å²) in [5.41, 5.74) is 2.35. The number of carbonyl (C=O) groups excluding carboxylic acids is 2. The van der Waals surface area contributed by atoms with Gasteiger partial charge >= 0.3 is 12.1 Å². The molecule has 5 heteroatoms. The van der Waals surface area contributed by atoms with Gasteiger partial charge in [0.25, 0.3) is 0 Å². The Hall–Kier alpha value is -2.04. The van der Waals surface area contributed by atoms with Crippen molar-refractivity contribution in [2.24, 2.45) is 0 Å². The van der Waals surface area contributed by atoms with E-state index in [1.165, 1.54) is 7.11 Å². The third-order valence-electron chi connectivity index (χ3n) is 4.04. The molecule has 0 amide bonds. The number of esters is 1. The smallest absolute Gasteiger partial charge is 0.466 e. The minimum absolute atomic E-state index is 0.211. The van der Waals surface area contributed by atoms with Crippen LogP contribution in [0.3, 0.4) is 0 Å². The van der Waals surface area contributed by atoms with Gasteiger partial charge in [-0.2, -0.15) is 0 Å². The summed E-state index contributed by atoms with van der Waals surface area (Å²) in [5.74, 6) is 0.328. The Balaban J connectivity index is 3.44. The highest BCUT2D eigenvalue weighted by molar-refractivity contribution is 5.70. The molecule has 0 saturated carbocycles. The zero-order valence-electron chi connectivity index (χ0n) is 17.3. The zero-order valence-corrected chi connectivity index (χ0v) is 17.3. The summed E-state index contributed by atoms with van der Waals surface area (Å²) in [6, 6.07) is 4.01. The lowest BCUT2D eigenvalue weighted by atomic mass is 9.78. The van der Waals surface area contributed by atoms with Crippen LogP contribution in [0.5, 0.6) is 5.75 Å². The quantitative estimate of drug-likeness (QED) is 0.548. The third-order valence-corrected chi connectivity index (χ3v) is 4.04. The molecule has 0 aliphatic heterocycles. The summed E-state index contributed by atoms with van der Waals surface area (Å²) in [5, 5.41) is 0. The number of benzene rings is 1. The highest BCUT2D eigenvalue weighted by atomic mass is 16.7. The summed E-state index contributed by atoms with van der Waals surface area (Å²) in [6.07, 6.45) is 0.155. The molecule has 0 unspecified atom stereocenters.